The SMILES string of the molecule is c1cc(CNC23CC4CC(CC(C4)C2)C3)cc(C2CC2)c1. The highest BCUT2D eigenvalue weighted by Crippen LogP contribution is 2.55. The van der Waals surface area contributed by atoms with Gasteiger partial charge >= 0.3 is 0 Å². The van der Waals surface area contributed by atoms with Gasteiger partial charge in [0.25, 0.3) is 0 Å². The summed E-state index contributed by atoms with van der Waals surface area (Å²) in [6.07, 6.45) is 11.8. The van der Waals surface area contributed by atoms with Gasteiger partial charge in [0.05, 0.1) is 0 Å². The molecule has 0 heterocycles. The van der Waals surface area contributed by atoms with Crippen LogP contribution in [-0.2, 0) is 6.54 Å². The topological polar surface area (TPSA) is 12.0 Å². The van der Waals surface area contributed by atoms with Crippen LogP contribution in [0.1, 0.15) is 68.4 Å². The van der Waals surface area contributed by atoms with Gasteiger partial charge in [-0.1, -0.05) is 24.3 Å². The number of rotatable bonds is 4. The van der Waals surface area contributed by atoms with Crippen LogP contribution in [0.15, 0.2) is 24.3 Å². The molecule has 1 aromatic carbocycles. The van der Waals surface area contributed by atoms with E-state index in [0.29, 0.717) is 5.54 Å². The van der Waals surface area contributed by atoms with Gasteiger partial charge in [-0.2, -0.15) is 0 Å². The second-order valence-corrected chi connectivity index (χ2v) is 8.57. The summed E-state index contributed by atoms with van der Waals surface area (Å²) in [6, 6.07) is 9.38. The molecule has 0 amide bonds. The van der Waals surface area contributed by atoms with Crippen LogP contribution < -0.4 is 5.32 Å². The van der Waals surface area contributed by atoms with Gasteiger partial charge in [-0.25, -0.2) is 0 Å². The molecule has 5 fully saturated rings. The molecular formula is C20H27N. The predicted molar refractivity (Wildman–Crippen MR) is 86.2 cm³/mol. The summed E-state index contributed by atoms with van der Waals surface area (Å²) in [5.41, 5.74) is 3.60. The molecule has 0 spiro atoms. The number of hydrogen-bond donors (Lipinski definition) is 1. The first-order chi connectivity index (χ1) is 10.3. The van der Waals surface area contributed by atoms with E-state index in [1.807, 2.05) is 0 Å². The van der Waals surface area contributed by atoms with Gasteiger partial charge in [0.1, 0.15) is 0 Å². The van der Waals surface area contributed by atoms with E-state index >= 15 is 0 Å². The summed E-state index contributed by atoms with van der Waals surface area (Å²) in [7, 11) is 0. The van der Waals surface area contributed by atoms with Crippen molar-refractivity contribution < 1.29 is 0 Å². The predicted octanol–water partition coefficient (Wildman–Crippen LogP) is 4.62. The van der Waals surface area contributed by atoms with Gasteiger partial charge in [-0.15, -0.1) is 0 Å². The van der Waals surface area contributed by atoms with E-state index in [4.69, 9.17) is 0 Å². The fourth-order valence-corrected chi connectivity index (χ4v) is 5.99. The molecule has 4 bridgehead atoms. The zero-order valence-electron chi connectivity index (χ0n) is 13.0. The second-order valence-electron chi connectivity index (χ2n) is 8.57. The summed E-state index contributed by atoms with van der Waals surface area (Å²) in [4.78, 5) is 0. The minimum absolute atomic E-state index is 0.504. The van der Waals surface area contributed by atoms with Crippen molar-refractivity contribution in [1.82, 2.24) is 5.32 Å². The number of hydrogen-bond acceptors (Lipinski definition) is 1. The molecule has 21 heavy (non-hydrogen) atoms. The Bertz CT molecular complexity index is 507. The van der Waals surface area contributed by atoms with E-state index in [0.717, 1.165) is 30.2 Å². The molecule has 5 saturated carbocycles. The molecule has 1 aromatic rings. The van der Waals surface area contributed by atoms with Crippen molar-refractivity contribution in [2.75, 3.05) is 0 Å². The third kappa shape index (κ3) is 2.34. The summed E-state index contributed by atoms with van der Waals surface area (Å²) in [6.45, 7) is 1.09. The van der Waals surface area contributed by atoms with Crippen molar-refractivity contribution in [3.05, 3.63) is 35.4 Å². The first-order valence-corrected chi connectivity index (χ1v) is 9.12. The zero-order valence-corrected chi connectivity index (χ0v) is 13.0. The first kappa shape index (κ1) is 12.7. The van der Waals surface area contributed by atoms with E-state index in [1.165, 1.54) is 56.9 Å². The molecule has 5 aliphatic rings. The average molecular weight is 281 g/mol. The highest BCUT2D eigenvalue weighted by atomic mass is 15.0. The zero-order chi connectivity index (χ0) is 13.9. The van der Waals surface area contributed by atoms with Crippen molar-refractivity contribution in [2.24, 2.45) is 17.8 Å². The molecule has 0 unspecified atom stereocenters. The maximum Gasteiger partial charge on any atom is 0.0210 e. The van der Waals surface area contributed by atoms with Gasteiger partial charge < -0.3 is 5.32 Å². The molecule has 0 radical (unpaired) electrons. The Hall–Kier alpha value is -0.820. The van der Waals surface area contributed by atoms with Crippen LogP contribution in [-0.4, -0.2) is 5.54 Å². The minimum Gasteiger partial charge on any atom is -0.307 e. The molecule has 0 aliphatic heterocycles. The third-order valence-electron chi connectivity index (χ3n) is 6.71. The third-order valence-corrected chi connectivity index (χ3v) is 6.71. The minimum atomic E-state index is 0.504. The normalized spacial score (nSPS) is 40.7. The van der Waals surface area contributed by atoms with Crippen molar-refractivity contribution in [2.45, 2.75) is 69.4 Å². The molecule has 1 heteroatoms. The van der Waals surface area contributed by atoms with Crippen molar-refractivity contribution in [1.29, 1.82) is 0 Å². The van der Waals surface area contributed by atoms with Gasteiger partial charge in [0.2, 0.25) is 0 Å². The second kappa shape index (κ2) is 4.59. The monoisotopic (exact) mass is 281 g/mol. The lowest BCUT2D eigenvalue weighted by Gasteiger charge is -2.57. The van der Waals surface area contributed by atoms with Crippen LogP contribution in [0.4, 0.5) is 0 Å². The van der Waals surface area contributed by atoms with E-state index in [9.17, 15) is 0 Å². The van der Waals surface area contributed by atoms with E-state index in [2.05, 4.69) is 29.6 Å². The first-order valence-electron chi connectivity index (χ1n) is 9.12. The lowest BCUT2D eigenvalue weighted by molar-refractivity contribution is -0.0206. The largest absolute Gasteiger partial charge is 0.307 e. The van der Waals surface area contributed by atoms with Gasteiger partial charge in [-0.05, 0) is 86.2 Å². The highest BCUT2D eigenvalue weighted by molar-refractivity contribution is 5.29. The standard InChI is InChI=1S/C20H27N/c1-2-14(9-19(3-1)18-4-5-18)13-21-20-10-15-6-16(11-20)8-17(7-15)12-20/h1-3,9,15-18,21H,4-8,10-13H2. The lowest BCUT2D eigenvalue weighted by atomic mass is 9.53. The lowest BCUT2D eigenvalue weighted by Crippen LogP contribution is -2.58. The van der Waals surface area contributed by atoms with E-state index in [-0.39, 0.29) is 0 Å². The van der Waals surface area contributed by atoms with Crippen molar-refractivity contribution in [3.63, 3.8) is 0 Å². The maximum absolute atomic E-state index is 4.03. The van der Waals surface area contributed by atoms with Crippen LogP contribution in [0, 0.1) is 17.8 Å². The highest BCUT2D eigenvalue weighted by Gasteiger charge is 2.50. The average Bonchev–Trinajstić information content (AvgIpc) is 3.29. The summed E-state index contributed by atoms with van der Waals surface area (Å²) in [5.74, 6) is 4.01. The summed E-state index contributed by atoms with van der Waals surface area (Å²) in [5, 5.41) is 4.03. The Labute approximate surface area is 128 Å². The van der Waals surface area contributed by atoms with E-state index < -0.39 is 0 Å². The van der Waals surface area contributed by atoms with Crippen LogP contribution >= 0.6 is 0 Å². The van der Waals surface area contributed by atoms with Crippen LogP contribution in [0.2, 0.25) is 0 Å². The Morgan fingerprint density at radius 1 is 0.952 bits per heavy atom. The molecular weight excluding hydrogens is 254 g/mol. The summed E-state index contributed by atoms with van der Waals surface area (Å²) >= 11 is 0. The molecule has 1 N–H and O–H groups in total. The molecule has 0 aromatic heterocycles. The van der Waals surface area contributed by atoms with Gasteiger partial charge in [-0.3, -0.25) is 0 Å². The molecule has 1 nitrogen and oxygen atoms in total. The molecule has 0 atom stereocenters. The van der Waals surface area contributed by atoms with Crippen molar-refractivity contribution in [3.8, 4) is 0 Å². The molecule has 5 aliphatic carbocycles. The fourth-order valence-electron chi connectivity index (χ4n) is 5.99. The number of benzene rings is 1. The quantitative estimate of drug-likeness (QED) is 0.849. The molecule has 6 rings (SSSR count). The Morgan fingerprint density at radius 2 is 1.62 bits per heavy atom. The Balaban J connectivity index is 1.30. The smallest absolute Gasteiger partial charge is 0.0210 e. The fraction of sp³-hybridized carbons (Fsp3) is 0.700. The molecule has 0 saturated heterocycles. The number of nitrogens with one attached hydrogen (secondary N) is 1. The Morgan fingerprint density at radius 3 is 2.24 bits per heavy atom. The van der Waals surface area contributed by atoms with Gasteiger partial charge in [0.15, 0.2) is 0 Å². The summed E-state index contributed by atoms with van der Waals surface area (Å²) < 4.78 is 0. The van der Waals surface area contributed by atoms with Gasteiger partial charge in [0, 0.05) is 12.1 Å². The van der Waals surface area contributed by atoms with E-state index in [1.54, 1.807) is 5.56 Å². The van der Waals surface area contributed by atoms with Crippen molar-refractivity contribution >= 4 is 0 Å². The Kier molecular flexibility index (Phi) is 2.77. The maximum atomic E-state index is 4.03. The van der Waals surface area contributed by atoms with Crippen LogP contribution in [0.3, 0.4) is 0 Å². The molecule has 112 valence electrons. The van der Waals surface area contributed by atoms with Crippen LogP contribution in [0.5, 0.6) is 0 Å². The van der Waals surface area contributed by atoms with Crippen LogP contribution in [0.25, 0.3) is 0 Å².